The van der Waals surface area contributed by atoms with Crippen molar-refractivity contribution in [2.45, 2.75) is 19.9 Å². The first kappa shape index (κ1) is 12.0. The van der Waals surface area contributed by atoms with Gasteiger partial charge in [0.25, 0.3) is 0 Å². The number of aryl methyl sites for hydroxylation is 1. The van der Waals surface area contributed by atoms with E-state index in [2.05, 4.69) is 44.2 Å². The Morgan fingerprint density at radius 2 is 2.18 bits per heavy atom. The Morgan fingerprint density at radius 3 is 2.82 bits per heavy atom. The van der Waals surface area contributed by atoms with Crippen molar-refractivity contribution in [3.63, 3.8) is 0 Å². The maximum absolute atomic E-state index is 4.36. The van der Waals surface area contributed by atoms with Crippen molar-refractivity contribution in [2.75, 3.05) is 5.32 Å². The minimum absolute atomic E-state index is 0.191. The second-order valence-electron chi connectivity index (χ2n) is 3.97. The van der Waals surface area contributed by atoms with Gasteiger partial charge in [0, 0.05) is 23.1 Å². The lowest BCUT2D eigenvalue weighted by molar-refractivity contribution is 0.863. The summed E-state index contributed by atoms with van der Waals surface area (Å²) in [5.74, 6) is 0.907. The zero-order chi connectivity index (χ0) is 12.3. The molecule has 0 saturated heterocycles. The fourth-order valence-corrected chi connectivity index (χ4v) is 2.06. The van der Waals surface area contributed by atoms with Gasteiger partial charge in [0.1, 0.15) is 5.82 Å². The number of rotatable bonds is 3. The average molecular weight is 292 g/mol. The smallest absolute Gasteiger partial charge is 0.129 e. The summed E-state index contributed by atoms with van der Waals surface area (Å²) in [7, 11) is 0. The minimum atomic E-state index is 0.191. The molecule has 1 unspecified atom stereocenters. The van der Waals surface area contributed by atoms with Gasteiger partial charge in [-0.05, 0) is 53.0 Å². The van der Waals surface area contributed by atoms with Crippen molar-refractivity contribution in [1.29, 1.82) is 0 Å². The topological polar surface area (TPSA) is 37.8 Å². The van der Waals surface area contributed by atoms with Crippen molar-refractivity contribution in [2.24, 2.45) is 0 Å². The molecule has 2 aromatic heterocycles. The van der Waals surface area contributed by atoms with Crippen LogP contribution in [0.2, 0.25) is 0 Å². The van der Waals surface area contributed by atoms with E-state index < -0.39 is 0 Å². The first-order chi connectivity index (χ1) is 8.16. The number of nitrogens with one attached hydrogen (secondary N) is 1. The van der Waals surface area contributed by atoms with Gasteiger partial charge in [0.15, 0.2) is 0 Å². The Hall–Kier alpha value is -1.42. The van der Waals surface area contributed by atoms with Crippen LogP contribution in [0.15, 0.2) is 41.3 Å². The van der Waals surface area contributed by atoms with E-state index in [1.807, 2.05) is 25.3 Å². The molecule has 2 heterocycles. The van der Waals surface area contributed by atoms with E-state index >= 15 is 0 Å². The normalized spacial score (nSPS) is 12.2. The van der Waals surface area contributed by atoms with E-state index in [9.17, 15) is 0 Å². The van der Waals surface area contributed by atoms with Gasteiger partial charge in [-0.2, -0.15) is 0 Å². The summed E-state index contributed by atoms with van der Waals surface area (Å²) in [6.45, 7) is 4.14. The first-order valence-corrected chi connectivity index (χ1v) is 6.24. The monoisotopic (exact) mass is 291 g/mol. The summed E-state index contributed by atoms with van der Waals surface area (Å²) in [6.07, 6.45) is 5.44. The third-order valence-electron chi connectivity index (χ3n) is 2.58. The van der Waals surface area contributed by atoms with Gasteiger partial charge in [0.05, 0.1) is 6.04 Å². The van der Waals surface area contributed by atoms with Gasteiger partial charge < -0.3 is 5.32 Å². The third kappa shape index (κ3) is 3.03. The Kier molecular flexibility index (Phi) is 3.74. The number of nitrogens with zero attached hydrogens (tertiary/aromatic N) is 2. The molecule has 0 amide bonds. The molecular weight excluding hydrogens is 278 g/mol. The van der Waals surface area contributed by atoms with Crippen LogP contribution >= 0.6 is 15.9 Å². The van der Waals surface area contributed by atoms with Gasteiger partial charge in [-0.1, -0.05) is 6.07 Å². The maximum Gasteiger partial charge on any atom is 0.129 e. The molecule has 0 aliphatic heterocycles. The van der Waals surface area contributed by atoms with Crippen molar-refractivity contribution >= 4 is 21.7 Å². The minimum Gasteiger partial charge on any atom is -0.363 e. The van der Waals surface area contributed by atoms with Gasteiger partial charge in [-0.3, -0.25) is 4.98 Å². The van der Waals surface area contributed by atoms with Crippen LogP contribution in [0.25, 0.3) is 0 Å². The summed E-state index contributed by atoms with van der Waals surface area (Å²) in [4.78, 5) is 8.48. The van der Waals surface area contributed by atoms with Crippen LogP contribution in [0.3, 0.4) is 0 Å². The molecule has 88 valence electrons. The summed E-state index contributed by atoms with van der Waals surface area (Å²) in [5, 5.41) is 3.38. The van der Waals surface area contributed by atoms with E-state index in [0.29, 0.717) is 0 Å². The summed E-state index contributed by atoms with van der Waals surface area (Å²) in [6, 6.07) is 6.23. The number of halogens is 1. The molecule has 1 atom stereocenters. The fraction of sp³-hybridized carbons (Fsp3) is 0.231. The average Bonchev–Trinajstić information content (AvgIpc) is 2.34. The van der Waals surface area contributed by atoms with E-state index in [4.69, 9.17) is 0 Å². The summed E-state index contributed by atoms with van der Waals surface area (Å²) < 4.78 is 0.995. The zero-order valence-electron chi connectivity index (χ0n) is 9.81. The van der Waals surface area contributed by atoms with Crippen LogP contribution in [0.4, 0.5) is 5.82 Å². The lowest BCUT2D eigenvalue weighted by Gasteiger charge is -2.16. The molecule has 2 aromatic rings. The van der Waals surface area contributed by atoms with Crippen molar-refractivity contribution < 1.29 is 0 Å². The molecule has 0 spiro atoms. The SMILES string of the molecule is Cc1cc(Br)cnc1NC(C)c1cccnc1. The van der Waals surface area contributed by atoms with E-state index in [1.54, 1.807) is 12.4 Å². The van der Waals surface area contributed by atoms with Crippen LogP contribution in [-0.2, 0) is 0 Å². The highest BCUT2D eigenvalue weighted by atomic mass is 79.9. The van der Waals surface area contributed by atoms with Crippen LogP contribution in [0.1, 0.15) is 24.1 Å². The number of anilines is 1. The summed E-state index contributed by atoms with van der Waals surface area (Å²) in [5.41, 5.74) is 2.27. The second kappa shape index (κ2) is 5.27. The number of aromatic nitrogens is 2. The van der Waals surface area contributed by atoms with Crippen molar-refractivity contribution in [3.05, 3.63) is 52.4 Å². The second-order valence-corrected chi connectivity index (χ2v) is 4.89. The lowest BCUT2D eigenvalue weighted by atomic mass is 10.1. The van der Waals surface area contributed by atoms with Gasteiger partial charge >= 0.3 is 0 Å². The highest BCUT2D eigenvalue weighted by molar-refractivity contribution is 9.10. The predicted molar refractivity (Wildman–Crippen MR) is 72.9 cm³/mol. The van der Waals surface area contributed by atoms with Crippen LogP contribution in [-0.4, -0.2) is 9.97 Å². The largest absolute Gasteiger partial charge is 0.363 e. The molecule has 0 aromatic carbocycles. The van der Waals surface area contributed by atoms with Gasteiger partial charge in [-0.25, -0.2) is 4.98 Å². The molecule has 4 heteroatoms. The molecular formula is C13H14BrN3. The fourth-order valence-electron chi connectivity index (χ4n) is 1.61. The molecule has 0 saturated carbocycles. The molecule has 3 nitrogen and oxygen atoms in total. The van der Waals surface area contributed by atoms with E-state index in [-0.39, 0.29) is 6.04 Å². The zero-order valence-corrected chi connectivity index (χ0v) is 11.4. The van der Waals surface area contributed by atoms with Crippen LogP contribution in [0.5, 0.6) is 0 Å². The van der Waals surface area contributed by atoms with E-state index in [0.717, 1.165) is 21.4 Å². The Bertz CT molecular complexity index is 499. The van der Waals surface area contributed by atoms with Crippen LogP contribution in [0, 0.1) is 6.92 Å². The molecule has 0 radical (unpaired) electrons. The van der Waals surface area contributed by atoms with Crippen molar-refractivity contribution in [3.8, 4) is 0 Å². The molecule has 0 aliphatic rings. The third-order valence-corrected chi connectivity index (χ3v) is 3.02. The van der Waals surface area contributed by atoms with E-state index in [1.165, 1.54) is 0 Å². The number of pyridine rings is 2. The molecule has 0 fully saturated rings. The molecule has 2 rings (SSSR count). The molecule has 17 heavy (non-hydrogen) atoms. The van der Waals surface area contributed by atoms with Crippen LogP contribution < -0.4 is 5.32 Å². The Balaban J connectivity index is 2.16. The lowest BCUT2D eigenvalue weighted by Crippen LogP contribution is -2.09. The standard InChI is InChI=1S/C13H14BrN3/c1-9-6-12(14)8-16-13(9)17-10(2)11-4-3-5-15-7-11/h3-8,10H,1-2H3,(H,16,17). The Labute approximate surface area is 109 Å². The Morgan fingerprint density at radius 1 is 1.35 bits per heavy atom. The van der Waals surface area contributed by atoms with Gasteiger partial charge in [-0.15, -0.1) is 0 Å². The first-order valence-electron chi connectivity index (χ1n) is 5.45. The molecule has 0 bridgehead atoms. The summed E-state index contributed by atoms with van der Waals surface area (Å²) >= 11 is 3.41. The quantitative estimate of drug-likeness (QED) is 0.937. The molecule has 0 aliphatic carbocycles. The predicted octanol–water partition coefficient (Wildman–Crippen LogP) is 3.72. The number of hydrogen-bond donors (Lipinski definition) is 1. The van der Waals surface area contributed by atoms with Crippen molar-refractivity contribution in [1.82, 2.24) is 9.97 Å². The number of hydrogen-bond acceptors (Lipinski definition) is 3. The maximum atomic E-state index is 4.36. The highest BCUT2D eigenvalue weighted by Gasteiger charge is 2.07. The van der Waals surface area contributed by atoms with Gasteiger partial charge in [0.2, 0.25) is 0 Å². The molecule has 1 N–H and O–H groups in total. The highest BCUT2D eigenvalue weighted by Crippen LogP contribution is 2.21.